The minimum Gasteiger partial charge on any atom is -0.497 e. The third kappa shape index (κ3) is 4.35. The van der Waals surface area contributed by atoms with E-state index in [0.29, 0.717) is 28.8 Å². The Morgan fingerprint density at radius 3 is 2.75 bits per heavy atom. The zero-order valence-electron chi connectivity index (χ0n) is 17.0. The van der Waals surface area contributed by atoms with Crippen LogP contribution in [-0.2, 0) is 0 Å². The minimum atomic E-state index is -0.0299. The number of nitrogens with one attached hydrogen (secondary N) is 1. The second kappa shape index (κ2) is 8.91. The maximum atomic E-state index is 13.1. The molecule has 0 radical (unpaired) electrons. The highest BCUT2D eigenvalue weighted by molar-refractivity contribution is 5.93. The van der Waals surface area contributed by atoms with Gasteiger partial charge in [-0.3, -0.25) is 4.79 Å². The molecule has 1 aliphatic rings. The quantitative estimate of drug-likeness (QED) is 0.813. The Kier molecular flexibility index (Phi) is 6.34. The molecule has 0 aliphatic carbocycles. The molecule has 7 heteroatoms. The van der Waals surface area contributed by atoms with Crippen molar-refractivity contribution in [3.63, 3.8) is 0 Å². The number of methoxy groups -OCH3 is 2. The summed E-state index contributed by atoms with van der Waals surface area (Å²) in [5, 5.41) is 3.16. The maximum Gasteiger partial charge on any atom is 0.272 e. The molecule has 3 rings (SSSR count). The van der Waals surface area contributed by atoms with Gasteiger partial charge in [0.2, 0.25) is 5.95 Å². The number of aromatic nitrogens is 2. The lowest BCUT2D eigenvalue weighted by molar-refractivity contribution is 0.0602. The highest BCUT2D eigenvalue weighted by atomic mass is 16.5. The number of benzene rings is 1. The summed E-state index contributed by atoms with van der Waals surface area (Å²) in [6, 6.07) is 7.47. The zero-order valence-corrected chi connectivity index (χ0v) is 17.0. The number of nitrogens with zero attached hydrogens (tertiary/aromatic N) is 3. The summed E-state index contributed by atoms with van der Waals surface area (Å²) >= 11 is 0. The van der Waals surface area contributed by atoms with E-state index >= 15 is 0 Å². The molecule has 7 nitrogen and oxygen atoms in total. The standard InChI is InChI=1S/C21H28N4O3/c1-5-15-8-6-7-11-25(15)20(26)18-12-14(2)22-21(24-18)23-17-13-16(27-3)9-10-19(17)28-4/h9-10,12-13,15H,5-8,11H2,1-4H3,(H,22,23,24). The average Bonchev–Trinajstić information content (AvgIpc) is 2.72. The van der Waals surface area contributed by atoms with Crippen LogP contribution in [0.4, 0.5) is 11.6 Å². The first kappa shape index (κ1) is 19.9. The fraction of sp³-hybridized carbons (Fsp3) is 0.476. The van der Waals surface area contributed by atoms with Gasteiger partial charge in [0.1, 0.15) is 17.2 Å². The SMILES string of the molecule is CCC1CCCCN1C(=O)c1cc(C)nc(Nc2cc(OC)ccc2OC)n1. The third-order valence-corrected chi connectivity index (χ3v) is 5.09. The summed E-state index contributed by atoms with van der Waals surface area (Å²) in [5.74, 6) is 1.66. The van der Waals surface area contributed by atoms with E-state index in [0.717, 1.165) is 31.5 Å². The molecule has 1 fully saturated rings. The van der Waals surface area contributed by atoms with Crippen molar-refractivity contribution in [3.05, 3.63) is 35.7 Å². The van der Waals surface area contributed by atoms with Crippen LogP contribution in [0.1, 0.15) is 48.8 Å². The van der Waals surface area contributed by atoms with Crippen LogP contribution in [0.3, 0.4) is 0 Å². The third-order valence-electron chi connectivity index (χ3n) is 5.09. The van der Waals surface area contributed by atoms with Gasteiger partial charge in [0, 0.05) is 24.3 Å². The number of anilines is 2. The zero-order chi connectivity index (χ0) is 20.1. The van der Waals surface area contributed by atoms with Gasteiger partial charge in [-0.15, -0.1) is 0 Å². The Labute approximate surface area is 166 Å². The summed E-state index contributed by atoms with van der Waals surface area (Å²) in [5.41, 5.74) is 1.82. The van der Waals surface area contributed by atoms with E-state index in [4.69, 9.17) is 9.47 Å². The Bertz CT molecular complexity index is 840. The smallest absolute Gasteiger partial charge is 0.272 e. The first-order valence-electron chi connectivity index (χ1n) is 9.71. The first-order valence-corrected chi connectivity index (χ1v) is 9.71. The van der Waals surface area contributed by atoms with E-state index in [1.807, 2.05) is 30.0 Å². The number of carbonyl (C=O) groups is 1. The monoisotopic (exact) mass is 384 g/mol. The number of likely N-dealkylation sites (tertiary alicyclic amines) is 1. The van der Waals surface area contributed by atoms with Gasteiger partial charge in [0.05, 0.1) is 19.9 Å². The number of aryl methyl sites for hydroxylation is 1. The van der Waals surface area contributed by atoms with E-state index in [2.05, 4.69) is 22.2 Å². The van der Waals surface area contributed by atoms with Crippen LogP contribution in [0.5, 0.6) is 11.5 Å². The highest BCUT2D eigenvalue weighted by Gasteiger charge is 2.27. The molecule has 0 bridgehead atoms. The number of ether oxygens (including phenoxy) is 2. The van der Waals surface area contributed by atoms with E-state index in [9.17, 15) is 4.79 Å². The molecule has 2 aromatic rings. The Balaban J connectivity index is 1.89. The molecule has 150 valence electrons. The van der Waals surface area contributed by atoms with Crippen LogP contribution < -0.4 is 14.8 Å². The number of amides is 1. The highest BCUT2D eigenvalue weighted by Crippen LogP contribution is 2.31. The molecule has 1 atom stereocenters. The summed E-state index contributed by atoms with van der Waals surface area (Å²) < 4.78 is 10.7. The van der Waals surface area contributed by atoms with E-state index in [1.54, 1.807) is 20.3 Å². The fourth-order valence-corrected chi connectivity index (χ4v) is 3.61. The van der Waals surface area contributed by atoms with Gasteiger partial charge in [-0.1, -0.05) is 6.92 Å². The van der Waals surface area contributed by atoms with Gasteiger partial charge in [0.25, 0.3) is 5.91 Å². The Morgan fingerprint density at radius 1 is 1.21 bits per heavy atom. The van der Waals surface area contributed by atoms with Crippen molar-refractivity contribution in [2.24, 2.45) is 0 Å². The minimum absolute atomic E-state index is 0.0299. The molecule has 28 heavy (non-hydrogen) atoms. The van der Waals surface area contributed by atoms with Crippen molar-refractivity contribution < 1.29 is 14.3 Å². The Morgan fingerprint density at radius 2 is 2.04 bits per heavy atom. The second-order valence-corrected chi connectivity index (χ2v) is 6.97. The Hall–Kier alpha value is -2.83. The van der Waals surface area contributed by atoms with Crippen molar-refractivity contribution in [2.45, 2.75) is 45.6 Å². The van der Waals surface area contributed by atoms with Gasteiger partial charge in [-0.05, 0) is 50.8 Å². The van der Waals surface area contributed by atoms with Crippen molar-refractivity contribution >= 4 is 17.5 Å². The lowest BCUT2D eigenvalue weighted by Gasteiger charge is -2.35. The van der Waals surface area contributed by atoms with Crippen LogP contribution in [0, 0.1) is 6.92 Å². The molecular weight excluding hydrogens is 356 g/mol. The van der Waals surface area contributed by atoms with Crippen molar-refractivity contribution in [1.82, 2.24) is 14.9 Å². The van der Waals surface area contributed by atoms with Gasteiger partial charge in [-0.2, -0.15) is 0 Å². The molecule has 1 aromatic heterocycles. The number of carbonyl (C=O) groups excluding carboxylic acids is 1. The van der Waals surface area contributed by atoms with Crippen LogP contribution in [-0.4, -0.2) is 47.6 Å². The van der Waals surface area contributed by atoms with Crippen LogP contribution in [0.2, 0.25) is 0 Å². The normalized spacial score (nSPS) is 16.6. The molecule has 0 spiro atoms. The van der Waals surface area contributed by atoms with Gasteiger partial charge >= 0.3 is 0 Å². The molecule has 1 saturated heterocycles. The molecule has 2 heterocycles. The van der Waals surface area contributed by atoms with E-state index in [-0.39, 0.29) is 11.9 Å². The molecule has 0 saturated carbocycles. The first-order chi connectivity index (χ1) is 13.5. The van der Waals surface area contributed by atoms with Gasteiger partial charge in [0.15, 0.2) is 0 Å². The van der Waals surface area contributed by atoms with E-state index < -0.39 is 0 Å². The summed E-state index contributed by atoms with van der Waals surface area (Å²) in [6.45, 7) is 4.77. The fourth-order valence-electron chi connectivity index (χ4n) is 3.61. The van der Waals surface area contributed by atoms with Crippen molar-refractivity contribution in [1.29, 1.82) is 0 Å². The predicted molar refractivity (Wildman–Crippen MR) is 109 cm³/mol. The van der Waals surface area contributed by atoms with Crippen molar-refractivity contribution in [2.75, 3.05) is 26.1 Å². The number of hydrogen-bond acceptors (Lipinski definition) is 6. The average molecular weight is 384 g/mol. The molecule has 1 aromatic carbocycles. The largest absolute Gasteiger partial charge is 0.497 e. The van der Waals surface area contributed by atoms with Crippen LogP contribution in [0.25, 0.3) is 0 Å². The van der Waals surface area contributed by atoms with E-state index in [1.165, 1.54) is 6.42 Å². The predicted octanol–water partition coefficient (Wildman–Crippen LogP) is 3.95. The lowest BCUT2D eigenvalue weighted by atomic mass is 9.99. The summed E-state index contributed by atoms with van der Waals surface area (Å²) in [7, 11) is 3.20. The topological polar surface area (TPSA) is 76.6 Å². The number of hydrogen-bond donors (Lipinski definition) is 1. The number of piperidine rings is 1. The van der Waals surface area contributed by atoms with Crippen LogP contribution in [0.15, 0.2) is 24.3 Å². The summed E-state index contributed by atoms with van der Waals surface area (Å²) in [4.78, 5) is 24.0. The summed E-state index contributed by atoms with van der Waals surface area (Å²) in [6.07, 6.45) is 4.23. The molecule has 1 aliphatic heterocycles. The van der Waals surface area contributed by atoms with Crippen LogP contribution >= 0.6 is 0 Å². The molecule has 1 unspecified atom stereocenters. The molecule has 1 amide bonds. The van der Waals surface area contributed by atoms with Crippen molar-refractivity contribution in [3.8, 4) is 11.5 Å². The second-order valence-electron chi connectivity index (χ2n) is 6.97. The van der Waals surface area contributed by atoms with Gasteiger partial charge < -0.3 is 19.7 Å². The van der Waals surface area contributed by atoms with Gasteiger partial charge in [-0.25, -0.2) is 9.97 Å². The number of rotatable bonds is 6. The molecule has 1 N–H and O–H groups in total. The molecular formula is C21H28N4O3. The lowest BCUT2D eigenvalue weighted by Crippen LogP contribution is -2.43. The maximum absolute atomic E-state index is 13.1.